The van der Waals surface area contributed by atoms with Crippen molar-refractivity contribution < 1.29 is 13.5 Å². The van der Waals surface area contributed by atoms with Gasteiger partial charge in [0.1, 0.15) is 4.58 Å². The molecule has 2 rings (SSSR count). The van der Waals surface area contributed by atoms with Gasteiger partial charge in [-0.2, -0.15) is 0 Å². The molecule has 0 amide bonds. The van der Waals surface area contributed by atoms with Crippen LogP contribution in [0.4, 0.5) is 0 Å². The summed E-state index contributed by atoms with van der Waals surface area (Å²) < 4.78 is 22.9. The Balaban J connectivity index is 2.54. The molecule has 0 saturated carbocycles. The summed E-state index contributed by atoms with van der Waals surface area (Å²) in [5, 5.41) is 10.8. The second-order valence-corrected chi connectivity index (χ2v) is 7.04. The lowest BCUT2D eigenvalue weighted by Gasteiger charge is -2.24. The summed E-state index contributed by atoms with van der Waals surface area (Å²) in [6.45, 7) is 1.64. The molecule has 0 bridgehead atoms. The van der Waals surface area contributed by atoms with Gasteiger partial charge >= 0.3 is 0 Å². The fourth-order valence-electron chi connectivity index (χ4n) is 1.54. The minimum absolute atomic E-state index is 0.230. The number of rotatable bonds is 0. The minimum atomic E-state index is -3.09. The molecule has 0 radical (unpaired) electrons. The topological polar surface area (TPSA) is 54.4 Å². The van der Waals surface area contributed by atoms with Crippen LogP contribution in [0.25, 0.3) is 0 Å². The van der Waals surface area contributed by atoms with E-state index in [1.54, 1.807) is 18.4 Å². The Morgan fingerprint density at radius 1 is 1.62 bits per heavy atom. The molecule has 0 aromatic carbocycles. The highest BCUT2D eigenvalue weighted by atomic mass is 32.3. The van der Waals surface area contributed by atoms with Gasteiger partial charge in [-0.15, -0.1) is 11.8 Å². The molecular formula is C8H10O3S2. The number of thioether (sulfide) groups is 1. The largest absolute Gasteiger partial charge is 0.512 e. The molecule has 0 aliphatic carbocycles. The normalized spacial score (nSPS) is 36.4. The number of sulfone groups is 1. The van der Waals surface area contributed by atoms with Gasteiger partial charge in [-0.1, -0.05) is 0 Å². The van der Waals surface area contributed by atoms with Crippen molar-refractivity contribution >= 4 is 21.6 Å². The van der Waals surface area contributed by atoms with E-state index in [4.69, 9.17) is 0 Å². The summed E-state index contributed by atoms with van der Waals surface area (Å²) in [6, 6.07) is 0. The van der Waals surface area contributed by atoms with Gasteiger partial charge < -0.3 is 5.11 Å². The second kappa shape index (κ2) is 2.78. The predicted molar refractivity (Wildman–Crippen MR) is 53.2 cm³/mol. The molecule has 0 aromatic rings. The third-order valence-electron chi connectivity index (χ3n) is 2.38. The van der Waals surface area contributed by atoms with Crippen molar-refractivity contribution in [1.29, 1.82) is 0 Å². The maximum absolute atomic E-state index is 11.7. The third-order valence-corrected chi connectivity index (χ3v) is 6.45. The van der Waals surface area contributed by atoms with E-state index in [2.05, 4.69) is 0 Å². The summed E-state index contributed by atoms with van der Waals surface area (Å²) in [7, 11) is -3.09. The van der Waals surface area contributed by atoms with E-state index in [0.717, 1.165) is 0 Å². The fourth-order valence-corrected chi connectivity index (χ4v) is 5.03. The molecule has 5 heteroatoms. The van der Waals surface area contributed by atoms with Crippen LogP contribution in [0.15, 0.2) is 22.8 Å². The van der Waals surface area contributed by atoms with E-state index >= 15 is 0 Å². The average Bonchev–Trinajstić information content (AvgIpc) is 2.49. The summed E-state index contributed by atoms with van der Waals surface area (Å²) in [5.41, 5.74) is 0.572. The first kappa shape index (κ1) is 9.15. The van der Waals surface area contributed by atoms with Crippen LogP contribution in [-0.4, -0.2) is 23.4 Å². The highest BCUT2D eigenvalue weighted by Crippen LogP contribution is 2.41. The molecule has 1 unspecified atom stereocenters. The van der Waals surface area contributed by atoms with Gasteiger partial charge in [-0.25, -0.2) is 8.42 Å². The summed E-state index contributed by atoms with van der Waals surface area (Å²) in [5.74, 6) is 0.230. The zero-order valence-corrected chi connectivity index (χ0v) is 8.73. The Labute approximate surface area is 81.4 Å². The molecule has 0 fully saturated rings. The van der Waals surface area contributed by atoms with Gasteiger partial charge in [0.25, 0.3) is 0 Å². The highest BCUT2D eigenvalue weighted by Gasteiger charge is 2.41. The first-order valence-corrected chi connectivity index (χ1v) is 6.55. The van der Waals surface area contributed by atoms with Crippen molar-refractivity contribution in [3.05, 3.63) is 22.8 Å². The Morgan fingerprint density at radius 2 is 2.31 bits per heavy atom. The van der Waals surface area contributed by atoms with E-state index in [1.165, 1.54) is 11.8 Å². The molecular weight excluding hydrogens is 208 g/mol. The first-order chi connectivity index (χ1) is 6.03. The van der Waals surface area contributed by atoms with Crippen molar-refractivity contribution in [3.8, 4) is 0 Å². The zero-order chi connectivity index (χ0) is 9.64. The van der Waals surface area contributed by atoms with Crippen LogP contribution < -0.4 is 0 Å². The molecule has 2 atom stereocenters. The van der Waals surface area contributed by atoms with E-state index in [1.807, 2.05) is 0 Å². The van der Waals surface area contributed by atoms with Crippen molar-refractivity contribution in [2.75, 3.05) is 0 Å². The van der Waals surface area contributed by atoms with Crippen LogP contribution in [0.3, 0.4) is 0 Å². The van der Waals surface area contributed by atoms with E-state index in [-0.39, 0.29) is 12.2 Å². The van der Waals surface area contributed by atoms with E-state index in [0.29, 0.717) is 5.57 Å². The van der Waals surface area contributed by atoms with Gasteiger partial charge in [0.2, 0.25) is 0 Å². The molecule has 3 nitrogen and oxygen atoms in total. The molecule has 0 saturated heterocycles. The molecule has 13 heavy (non-hydrogen) atoms. The van der Waals surface area contributed by atoms with Gasteiger partial charge in [0.05, 0.1) is 11.0 Å². The molecule has 72 valence electrons. The average molecular weight is 218 g/mol. The van der Waals surface area contributed by atoms with Crippen LogP contribution in [0.5, 0.6) is 0 Å². The van der Waals surface area contributed by atoms with E-state index in [9.17, 15) is 13.5 Å². The zero-order valence-electron chi connectivity index (χ0n) is 7.10. The SMILES string of the molecule is C[C@H]1CC(O)=C2C=CSC2S1(=O)=O. The number of aliphatic hydroxyl groups is 1. The fraction of sp³-hybridized carbons (Fsp3) is 0.500. The smallest absolute Gasteiger partial charge is 0.170 e. The Morgan fingerprint density at radius 3 is 3.00 bits per heavy atom. The maximum Gasteiger partial charge on any atom is 0.170 e. The summed E-state index contributed by atoms with van der Waals surface area (Å²) in [6.07, 6.45) is 1.94. The van der Waals surface area contributed by atoms with Gasteiger partial charge in [-0.3, -0.25) is 0 Å². The van der Waals surface area contributed by atoms with Crippen molar-refractivity contribution in [2.24, 2.45) is 0 Å². The number of hydrogen-bond acceptors (Lipinski definition) is 4. The third kappa shape index (κ3) is 1.21. The Hall–Kier alpha value is -0.420. The number of allylic oxidation sites excluding steroid dienone is 2. The quantitative estimate of drug-likeness (QED) is 0.671. The lowest BCUT2D eigenvalue weighted by Crippen LogP contribution is -2.33. The van der Waals surface area contributed by atoms with Crippen molar-refractivity contribution in [1.82, 2.24) is 0 Å². The summed E-state index contributed by atoms with van der Waals surface area (Å²) >= 11 is 1.25. The minimum Gasteiger partial charge on any atom is -0.512 e. The van der Waals surface area contributed by atoms with Gasteiger partial charge in [0.15, 0.2) is 9.84 Å². The lowest BCUT2D eigenvalue weighted by molar-refractivity contribution is 0.376. The summed E-state index contributed by atoms with van der Waals surface area (Å²) in [4.78, 5) is 0. The number of aliphatic hydroxyl groups excluding tert-OH is 1. The van der Waals surface area contributed by atoms with Crippen LogP contribution in [0, 0.1) is 0 Å². The monoisotopic (exact) mass is 218 g/mol. The van der Waals surface area contributed by atoms with Gasteiger partial charge in [-0.05, 0) is 18.4 Å². The predicted octanol–water partition coefficient (Wildman–Crippen LogP) is 1.59. The molecule has 0 spiro atoms. The van der Waals surface area contributed by atoms with Gasteiger partial charge in [0, 0.05) is 12.0 Å². The van der Waals surface area contributed by atoms with Crippen LogP contribution in [-0.2, 0) is 9.84 Å². The highest BCUT2D eigenvalue weighted by molar-refractivity contribution is 8.15. The second-order valence-electron chi connectivity index (χ2n) is 3.28. The van der Waals surface area contributed by atoms with Crippen LogP contribution >= 0.6 is 11.8 Å². The number of fused-ring (bicyclic) bond motifs is 1. The number of hydrogen-bond donors (Lipinski definition) is 1. The van der Waals surface area contributed by atoms with Crippen molar-refractivity contribution in [2.45, 2.75) is 23.2 Å². The van der Waals surface area contributed by atoms with Crippen LogP contribution in [0.2, 0.25) is 0 Å². The lowest BCUT2D eigenvalue weighted by atomic mass is 10.1. The molecule has 2 heterocycles. The standard InChI is InChI=1S/C8H10O3S2/c1-5-4-7(9)6-2-3-12-8(6)13(5,10)11/h2-3,5,8-9H,4H2,1H3/t5-,8?/m0/s1. The van der Waals surface area contributed by atoms with Crippen LogP contribution in [0.1, 0.15) is 13.3 Å². The molecule has 0 aromatic heterocycles. The first-order valence-electron chi connectivity index (χ1n) is 4.00. The Bertz CT molecular complexity index is 392. The van der Waals surface area contributed by atoms with Crippen molar-refractivity contribution in [3.63, 3.8) is 0 Å². The Kier molecular flexibility index (Phi) is 1.96. The molecule has 2 aliphatic rings. The maximum atomic E-state index is 11.7. The molecule has 1 N–H and O–H groups in total. The van der Waals surface area contributed by atoms with E-state index < -0.39 is 19.7 Å². The molecule has 2 aliphatic heterocycles.